The van der Waals surface area contributed by atoms with E-state index in [0.717, 1.165) is 85.9 Å². The number of amides is 4. The van der Waals surface area contributed by atoms with Gasteiger partial charge in [-0.15, -0.1) is 10.2 Å². The average molecular weight is 979 g/mol. The Balaban J connectivity index is 0.605. The van der Waals surface area contributed by atoms with Crippen molar-refractivity contribution in [2.24, 2.45) is 0 Å². The molecule has 4 fully saturated rings. The number of anilines is 2. The van der Waals surface area contributed by atoms with E-state index in [2.05, 4.69) is 64.9 Å². The third-order valence-corrected chi connectivity index (χ3v) is 15.3. The predicted molar refractivity (Wildman–Crippen MR) is 259 cm³/mol. The number of carbonyl (C=O) groups excluding carboxylic acids is 4. The first-order valence-corrected chi connectivity index (χ1v) is 25.0. The molecule has 12 rings (SSSR count). The number of benzene rings is 2. The standard InChI is InChI=1S/C50H58N16O6/c1-59-42-20-35(12-16-61-26-39-22-37(61)27-71-39)55-65(42)18-14-40(48(59)69)54-47(68)45-52-31-64(58-45)25-33-8-10-34(11-9-33)50-23-38(28-72-50)62(29-50)17-13-36-21-43-60(2)49(70)41(15-19-66(43)56-36)53-46(67)44-51-30-63(57-44)24-32-6-4-3-5-7-32/h3-11,20-21,30-31,37-41H,12-19,22-29H2,1-2H3,(H,53,67)(H,54,68)/t37?,38?,39?,40-,41+,50?/m0/s1. The quantitative estimate of drug-likeness (QED) is 0.148. The van der Waals surface area contributed by atoms with Crippen LogP contribution in [0.2, 0.25) is 0 Å². The number of nitrogens with zero attached hydrogens (tertiary/aromatic N) is 14. The van der Waals surface area contributed by atoms with Gasteiger partial charge in [-0.25, -0.2) is 28.7 Å². The monoisotopic (exact) mass is 978 g/mol. The third kappa shape index (κ3) is 8.96. The van der Waals surface area contributed by atoms with E-state index in [0.29, 0.717) is 70.0 Å². The van der Waals surface area contributed by atoms with Crippen LogP contribution in [0.4, 0.5) is 11.6 Å². The molecule has 10 heterocycles. The van der Waals surface area contributed by atoms with Gasteiger partial charge in [0.1, 0.15) is 42.0 Å². The Bertz CT molecular complexity index is 3000. The van der Waals surface area contributed by atoms with Crippen LogP contribution >= 0.6 is 0 Å². The topological polar surface area (TPSA) is 221 Å². The fourth-order valence-electron chi connectivity index (χ4n) is 11.4. The normalized spacial score (nSPS) is 24.9. The Hall–Kier alpha value is -7.14. The van der Waals surface area contributed by atoms with Gasteiger partial charge >= 0.3 is 0 Å². The van der Waals surface area contributed by atoms with E-state index in [1.165, 1.54) is 12.7 Å². The first-order valence-electron chi connectivity index (χ1n) is 25.0. The molecule has 2 aromatic carbocycles. The molecule has 374 valence electrons. The number of fused-ring (bicyclic) bond motifs is 6. The van der Waals surface area contributed by atoms with E-state index in [1.54, 1.807) is 33.3 Å². The summed E-state index contributed by atoms with van der Waals surface area (Å²) < 4.78 is 19.2. The van der Waals surface area contributed by atoms with Crippen molar-refractivity contribution in [3.63, 3.8) is 0 Å². The number of ether oxygens (including phenoxy) is 2. The zero-order valence-electron chi connectivity index (χ0n) is 40.4. The molecule has 0 spiro atoms. The lowest BCUT2D eigenvalue weighted by molar-refractivity contribution is -0.120. The number of rotatable bonds is 15. The molecule has 22 heteroatoms. The molecule has 0 saturated carbocycles. The minimum Gasteiger partial charge on any atom is -0.375 e. The van der Waals surface area contributed by atoms with Crippen molar-refractivity contribution in [3.8, 4) is 0 Å². The fourth-order valence-corrected chi connectivity index (χ4v) is 11.4. The van der Waals surface area contributed by atoms with Gasteiger partial charge in [0.05, 0.1) is 43.8 Å². The summed E-state index contributed by atoms with van der Waals surface area (Å²) in [5.41, 5.74) is 4.58. The van der Waals surface area contributed by atoms with Crippen LogP contribution in [0, 0.1) is 0 Å². The Kier molecular flexibility index (Phi) is 12.0. The number of morpholine rings is 2. The number of aromatic nitrogens is 10. The summed E-state index contributed by atoms with van der Waals surface area (Å²) in [6.45, 7) is 6.74. The van der Waals surface area contributed by atoms with E-state index in [1.807, 2.05) is 51.8 Å². The summed E-state index contributed by atoms with van der Waals surface area (Å²) in [5.74, 6) is 0.0109. The lowest BCUT2D eigenvalue weighted by Crippen LogP contribution is -2.47. The molecule has 0 radical (unpaired) electrons. The summed E-state index contributed by atoms with van der Waals surface area (Å²) >= 11 is 0. The molecular weight excluding hydrogens is 921 g/mol. The Morgan fingerprint density at radius 2 is 1.26 bits per heavy atom. The van der Waals surface area contributed by atoms with E-state index in [-0.39, 0.29) is 29.5 Å². The second-order valence-electron chi connectivity index (χ2n) is 20.0. The Labute approximate surface area is 415 Å². The van der Waals surface area contributed by atoms with E-state index in [4.69, 9.17) is 19.7 Å². The Morgan fingerprint density at radius 3 is 1.82 bits per heavy atom. The van der Waals surface area contributed by atoms with Crippen molar-refractivity contribution in [2.45, 2.75) is 101 Å². The van der Waals surface area contributed by atoms with Gasteiger partial charge in [-0.1, -0.05) is 54.6 Å². The van der Waals surface area contributed by atoms with Crippen molar-refractivity contribution < 1.29 is 28.7 Å². The molecule has 6 atom stereocenters. The van der Waals surface area contributed by atoms with Gasteiger partial charge in [-0.3, -0.25) is 38.8 Å². The molecule has 0 aliphatic carbocycles. The maximum atomic E-state index is 13.6. The number of nitrogens with one attached hydrogen (secondary N) is 2. The highest BCUT2D eigenvalue weighted by Crippen LogP contribution is 2.45. The largest absolute Gasteiger partial charge is 0.375 e. The van der Waals surface area contributed by atoms with Gasteiger partial charge in [0.15, 0.2) is 0 Å². The molecule has 22 nitrogen and oxygen atoms in total. The fraction of sp³-hybridized carbons (Fsp3) is 0.480. The second-order valence-corrected chi connectivity index (χ2v) is 20.0. The van der Waals surface area contributed by atoms with Gasteiger partial charge in [0.25, 0.3) is 23.6 Å². The molecule has 6 aliphatic heterocycles. The van der Waals surface area contributed by atoms with Crippen LogP contribution in [0.1, 0.15) is 75.0 Å². The van der Waals surface area contributed by atoms with Crippen LogP contribution in [-0.2, 0) is 63.7 Å². The molecule has 6 aliphatic rings. The van der Waals surface area contributed by atoms with Gasteiger partial charge < -0.3 is 20.1 Å². The van der Waals surface area contributed by atoms with Crippen molar-refractivity contribution in [3.05, 3.63) is 119 Å². The maximum Gasteiger partial charge on any atom is 0.291 e. The highest BCUT2D eigenvalue weighted by Gasteiger charge is 2.51. The van der Waals surface area contributed by atoms with Crippen LogP contribution in [0.25, 0.3) is 0 Å². The number of carbonyl (C=O) groups is 4. The zero-order valence-corrected chi connectivity index (χ0v) is 40.4. The van der Waals surface area contributed by atoms with Crippen LogP contribution in [0.5, 0.6) is 0 Å². The molecule has 4 saturated heterocycles. The van der Waals surface area contributed by atoms with Crippen LogP contribution in [0.3, 0.4) is 0 Å². The van der Waals surface area contributed by atoms with E-state index >= 15 is 0 Å². The summed E-state index contributed by atoms with van der Waals surface area (Å²) in [7, 11) is 3.44. The van der Waals surface area contributed by atoms with E-state index < -0.39 is 29.5 Å². The first kappa shape index (κ1) is 46.0. The minimum atomic E-state index is -0.745. The van der Waals surface area contributed by atoms with Crippen LogP contribution in [0.15, 0.2) is 79.4 Å². The highest BCUT2D eigenvalue weighted by molar-refractivity contribution is 6.01. The lowest BCUT2D eigenvalue weighted by atomic mass is 9.92. The summed E-state index contributed by atoms with van der Waals surface area (Å²) in [6.07, 6.45) is 7.70. The first-order chi connectivity index (χ1) is 35.0. The van der Waals surface area contributed by atoms with Gasteiger partial charge in [0.2, 0.25) is 11.6 Å². The molecular formula is C50H58N16O6. The van der Waals surface area contributed by atoms with Gasteiger partial charge in [-0.05, 0) is 42.4 Å². The molecule has 6 aromatic rings. The van der Waals surface area contributed by atoms with E-state index in [9.17, 15) is 19.2 Å². The van der Waals surface area contributed by atoms with Crippen molar-refractivity contribution >= 4 is 35.3 Å². The molecule has 72 heavy (non-hydrogen) atoms. The van der Waals surface area contributed by atoms with Gasteiger partial charge in [-0.2, -0.15) is 10.2 Å². The number of hydrogen-bond donors (Lipinski definition) is 2. The number of likely N-dealkylation sites (tertiary alicyclic amines) is 2. The second kappa shape index (κ2) is 18.8. The van der Waals surface area contributed by atoms with Crippen molar-refractivity contribution in [1.82, 2.24) is 69.5 Å². The highest BCUT2D eigenvalue weighted by atomic mass is 16.5. The van der Waals surface area contributed by atoms with Crippen molar-refractivity contribution in [1.29, 1.82) is 0 Å². The smallest absolute Gasteiger partial charge is 0.291 e. The lowest BCUT2D eigenvalue weighted by Gasteiger charge is -2.33. The third-order valence-electron chi connectivity index (χ3n) is 15.3. The molecule has 4 unspecified atom stereocenters. The Morgan fingerprint density at radius 1 is 0.694 bits per heavy atom. The summed E-state index contributed by atoms with van der Waals surface area (Å²) in [6, 6.07) is 21.4. The number of aryl methyl sites for hydroxylation is 2. The zero-order chi connectivity index (χ0) is 49.1. The summed E-state index contributed by atoms with van der Waals surface area (Å²) in [5, 5.41) is 24.2. The predicted octanol–water partition coefficient (Wildman–Crippen LogP) is 1.25. The van der Waals surface area contributed by atoms with Crippen molar-refractivity contribution in [2.75, 3.05) is 63.3 Å². The number of likely N-dealkylation sites (N-methyl/N-ethyl adjacent to an activating group) is 2. The summed E-state index contributed by atoms with van der Waals surface area (Å²) in [4.78, 5) is 70.3. The molecule has 4 aromatic heterocycles. The van der Waals surface area contributed by atoms with Crippen LogP contribution in [-0.4, -0.2) is 166 Å². The molecule has 2 N–H and O–H groups in total. The average Bonchev–Trinajstić information content (AvgIpc) is 4.27. The number of hydrogen-bond acceptors (Lipinski definition) is 14. The van der Waals surface area contributed by atoms with Crippen LogP contribution < -0.4 is 20.4 Å². The molecule has 4 amide bonds. The molecule has 4 bridgehead atoms. The maximum absolute atomic E-state index is 13.6. The SMILES string of the molecule is CN1C(=O)[C@@H](NC(=O)c2ncn(Cc3ccc(C45CC(CO4)N(CCc4cc6n(n4)CC[C@@H](NC(=O)c4ncn(Cc7ccccc7)n4)C(=O)N6C)C5)cc3)n2)CCn2nc(CCN3CC4CC3CO4)cc21. The minimum absolute atomic E-state index is 0.00187. The van der Waals surface area contributed by atoms with Gasteiger partial charge in [0, 0.05) is 90.4 Å².